The largest absolute Gasteiger partial charge is 0.309 e. The first-order valence-corrected chi connectivity index (χ1v) is 9.38. The van der Waals surface area contributed by atoms with E-state index < -0.39 is 10.0 Å². The van der Waals surface area contributed by atoms with Crippen LogP contribution in [0.5, 0.6) is 0 Å². The summed E-state index contributed by atoms with van der Waals surface area (Å²) in [5, 5.41) is 7.84. The van der Waals surface area contributed by atoms with Gasteiger partial charge in [-0.15, -0.1) is 5.10 Å². The van der Waals surface area contributed by atoms with Crippen molar-refractivity contribution in [3.63, 3.8) is 0 Å². The minimum absolute atomic E-state index is 0.0196. The maximum Gasteiger partial charge on any atom is 0.265 e. The zero-order valence-electron chi connectivity index (χ0n) is 14.6. The first-order valence-electron chi connectivity index (χ1n) is 7.94. The summed E-state index contributed by atoms with van der Waals surface area (Å²) in [6.45, 7) is 5.25. The van der Waals surface area contributed by atoms with Gasteiger partial charge in [0.2, 0.25) is 5.91 Å². The molecule has 0 radical (unpaired) electrons. The first-order chi connectivity index (χ1) is 11.7. The molecule has 0 aliphatic carbocycles. The Labute approximate surface area is 147 Å². The molecular weight excluding hydrogens is 340 g/mol. The summed E-state index contributed by atoms with van der Waals surface area (Å²) in [5.74, 6) is 0.207. The number of hydrogen-bond donors (Lipinski definition) is 0. The molecule has 1 aromatic carbocycles. The number of aryl methyl sites for hydroxylation is 1. The Hall–Kier alpha value is -2.48. The van der Waals surface area contributed by atoms with Crippen LogP contribution in [0.4, 0.5) is 11.5 Å². The van der Waals surface area contributed by atoms with Gasteiger partial charge < -0.3 is 4.90 Å². The van der Waals surface area contributed by atoms with Gasteiger partial charge in [0.1, 0.15) is 0 Å². The maximum atomic E-state index is 12.9. The molecule has 1 unspecified atom stereocenters. The van der Waals surface area contributed by atoms with E-state index in [0.717, 1.165) is 15.6 Å². The van der Waals surface area contributed by atoms with Gasteiger partial charge in [0, 0.05) is 25.7 Å². The molecule has 0 N–H and O–H groups in total. The van der Waals surface area contributed by atoms with Gasteiger partial charge in [0.15, 0.2) is 5.82 Å². The van der Waals surface area contributed by atoms with Crippen molar-refractivity contribution in [3.8, 4) is 0 Å². The Morgan fingerprint density at radius 3 is 2.56 bits per heavy atom. The SMILES string of the molecule is CC(=O)N1c2ccc(S(=O)(=O)N(C)c3ccc(C)nn3)cc2CC1C. The summed E-state index contributed by atoms with van der Waals surface area (Å²) in [7, 11) is -2.30. The van der Waals surface area contributed by atoms with Gasteiger partial charge in [0.25, 0.3) is 10.0 Å². The molecule has 1 aliphatic rings. The zero-order valence-corrected chi connectivity index (χ0v) is 15.4. The third kappa shape index (κ3) is 2.97. The third-order valence-corrected chi connectivity index (χ3v) is 6.13. The molecule has 0 fully saturated rings. The number of carbonyl (C=O) groups excluding carboxylic acids is 1. The molecular formula is C17H20N4O3S. The van der Waals surface area contributed by atoms with E-state index in [0.29, 0.717) is 12.1 Å². The van der Waals surface area contributed by atoms with E-state index in [-0.39, 0.29) is 22.7 Å². The fourth-order valence-corrected chi connectivity index (χ4v) is 4.28. The number of benzene rings is 1. The molecule has 0 saturated heterocycles. The van der Waals surface area contributed by atoms with Crippen LogP contribution in [0.2, 0.25) is 0 Å². The van der Waals surface area contributed by atoms with Gasteiger partial charge >= 0.3 is 0 Å². The molecule has 3 rings (SSSR count). The average molecular weight is 360 g/mol. The summed E-state index contributed by atoms with van der Waals surface area (Å²) < 4.78 is 26.9. The summed E-state index contributed by atoms with van der Waals surface area (Å²) >= 11 is 0. The molecule has 1 amide bonds. The standard InChI is InChI=1S/C17H20N4O3S/c1-11-5-8-17(19-18-11)20(4)25(23,24)15-6-7-16-14(10-15)9-12(2)21(16)13(3)22/h5-8,10,12H,9H2,1-4H3. The molecule has 2 heterocycles. The lowest BCUT2D eigenvalue weighted by atomic mass is 10.1. The predicted molar refractivity (Wildman–Crippen MR) is 95.1 cm³/mol. The Morgan fingerprint density at radius 1 is 1.24 bits per heavy atom. The number of carbonyl (C=O) groups is 1. The van der Waals surface area contributed by atoms with Gasteiger partial charge in [-0.25, -0.2) is 8.42 Å². The highest BCUT2D eigenvalue weighted by molar-refractivity contribution is 7.92. The summed E-state index contributed by atoms with van der Waals surface area (Å²) in [4.78, 5) is 13.7. The minimum Gasteiger partial charge on any atom is -0.309 e. The third-order valence-electron chi connectivity index (χ3n) is 4.37. The molecule has 0 bridgehead atoms. The Bertz CT molecular complexity index is 925. The van der Waals surface area contributed by atoms with Crippen LogP contribution >= 0.6 is 0 Å². The fraction of sp³-hybridized carbons (Fsp3) is 0.353. The lowest BCUT2D eigenvalue weighted by Crippen LogP contribution is -2.33. The zero-order chi connectivity index (χ0) is 18.4. The van der Waals surface area contributed by atoms with Crippen molar-refractivity contribution in [2.75, 3.05) is 16.3 Å². The van der Waals surface area contributed by atoms with Crippen molar-refractivity contribution >= 4 is 27.4 Å². The summed E-state index contributed by atoms with van der Waals surface area (Å²) in [6.07, 6.45) is 0.631. The van der Waals surface area contributed by atoms with Gasteiger partial charge in [-0.2, -0.15) is 5.10 Å². The highest BCUT2D eigenvalue weighted by Crippen LogP contribution is 2.34. The Kier molecular flexibility index (Phi) is 4.24. The van der Waals surface area contributed by atoms with Crippen LogP contribution in [0.25, 0.3) is 0 Å². The Balaban J connectivity index is 1.98. The Morgan fingerprint density at radius 2 is 1.96 bits per heavy atom. The van der Waals surface area contributed by atoms with E-state index in [4.69, 9.17) is 0 Å². The number of amides is 1. The monoisotopic (exact) mass is 360 g/mol. The fourth-order valence-electron chi connectivity index (χ4n) is 3.09. The number of rotatable bonds is 3. The van der Waals surface area contributed by atoms with E-state index in [1.54, 1.807) is 36.1 Å². The molecule has 7 nitrogen and oxygen atoms in total. The molecule has 1 aliphatic heterocycles. The molecule has 2 aromatic rings. The molecule has 0 saturated carbocycles. The van der Waals surface area contributed by atoms with E-state index >= 15 is 0 Å². The van der Waals surface area contributed by atoms with Crippen molar-refractivity contribution in [2.45, 2.75) is 38.1 Å². The molecule has 0 spiro atoms. The van der Waals surface area contributed by atoms with Gasteiger partial charge in [-0.05, 0) is 56.2 Å². The quantitative estimate of drug-likeness (QED) is 0.835. The topological polar surface area (TPSA) is 83.5 Å². The van der Waals surface area contributed by atoms with E-state index in [1.165, 1.54) is 20.0 Å². The van der Waals surface area contributed by atoms with Gasteiger partial charge in [-0.1, -0.05) is 0 Å². The van der Waals surface area contributed by atoms with Crippen LogP contribution in [-0.4, -0.2) is 37.6 Å². The van der Waals surface area contributed by atoms with E-state index in [1.807, 2.05) is 6.92 Å². The highest BCUT2D eigenvalue weighted by Gasteiger charge is 2.31. The second kappa shape index (κ2) is 6.11. The second-order valence-corrected chi connectivity index (χ2v) is 8.21. The van der Waals surface area contributed by atoms with Crippen LogP contribution in [-0.2, 0) is 21.2 Å². The van der Waals surface area contributed by atoms with Crippen LogP contribution < -0.4 is 9.21 Å². The van der Waals surface area contributed by atoms with Crippen LogP contribution in [0.3, 0.4) is 0 Å². The van der Waals surface area contributed by atoms with Crippen molar-refractivity contribution < 1.29 is 13.2 Å². The smallest absolute Gasteiger partial charge is 0.265 e. The summed E-state index contributed by atoms with van der Waals surface area (Å²) in [6, 6.07) is 8.21. The van der Waals surface area contributed by atoms with E-state index in [2.05, 4.69) is 10.2 Å². The number of sulfonamides is 1. The van der Waals surface area contributed by atoms with Crippen LogP contribution in [0, 0.1) is 6.92 Å². The van der Waals surface area contributed by atoms with Gasteiger partial charge in [-0.3, -0.25) is 9.10 Å². The van der Waals surface area contributed by atoms with Crippen molar-refractivity contribution in [3.05, 3.63) is 41.6 Å². The number of fused-ring (bicyclic) bond motifs is 1. The van der Waals surface area contributed by atoms with Crippen molar-refractivity contribution in [1.29, 1.82) is 0 Å². The minimum atomic E-state index is -3.75. The second-order valence-electron chi connectivity index (χ2n) is 6.24. The van der Waals surface area contributed by atoms with Gasteiger partial charge in [0.05, 0.1) is 10.6 Å². The van der Waals surface area contributed by atoms with E-state index in [9.17, 15) is 13.2 Å². The molecule has 1 atom stereocenters. The number of anilines is 2. The number of hydrogen-bond acceptors (Lipinski definition) is 5. The normalized spacial score (nSPS) is 16.6. The highest BCUT2D eigenvalue weighted by atomic mass is 32.2. The number of nitrogens with zero attached hydrogens (tertiary/aromatic N) is 4. The van der Waals surface area contributed by atoms with Crippen molar-refractivity contribution in [2.24, 2.45) is 0 Å². The first kappa shape index (κ1) is 17.3. The van der Waals surface area contributed by atoms with Crippen LogP contribution in [0.1, 0.15) is 25.1 Å². The lowest BCUT2D eigenvalue weighted by molar-refractivity contribution is -0.116. The summed E-state index contributed by atoms with van der Waals surface area (Å²) in [5.41, 5.74) is 2.34. The molecule has 132 valence electrons. The lowest BCUT2D eigenvalue weighted by Gasteiger charge is -2.21. The average Bonchev–Trinajstić information content (AvgIpc) is 2.89. The number of aromatic nitrogens is 2. The predicted octanol–water partition coefficient (Wildman–Crippen LogP) is 1.91. The van der Waals surface area contributed by atoms with Crippen molar-refractivity contribution in [1.82, 2.24) is 10.2 Å². The van der Waals surface area contributed by atoms with Crippen LogP contribution in [0.15, 0.2) is 35.2 Å². The maximum absolute atomic E-state index is 12.9. The molecule has 8 heteroatoms. The molecule has 25 heavy (non-hydrogen) atoms. The molecule has 1 aromatic heterocycles.